The molecule has 2 aliphatic rings. The van der Waals surface area contributed by atoms with Crippen molar-refractivity contribution in [3.8, 4) is 0 Å². The summed E-state index contributed by atoms with van der Waals surface area (Å²) in [5.74, 6) is -1.76. The lowest BCUT2D eigenvalue weighted by Gasteiger charge is -2.31. The van der Waals surface area contributed by atoms with E-state index in [1.807, 2.05) is 0 Å². The minimum atomic E-state index is -0.481. The van der Waals surface area contributed by atoms with Crippen molar-refractivity contribution in [3.05, 3.63) is 69.7 Å². The van der Waals surface area contributed by atoms with Crippen LogP contribution in [0.1, 0.15) is 41.6 Å². The smallest absolute Gasteiger partial charge is 0.272 e. The molecule has 1 aliphatic heterocycles. The lowest BCUT2D eigenvalue weighted by atomic mass is 9.81. The van der Waals surface area contributed by atoms with Crippen LogP contribution in [0.15, 0.2) is 48.5 Å². The quantitative estimate of drug-likeness (QED) is 0.658. The Morgan fingerprint density at radius 2 is 1.52 bits per heavy atom. The zero-order valence-corrected chi connectivity index (χ0v) is 17.2. The van der Waals surface area contributed by atoms with E-state index in [9.17, 15) is 14.4 Å². The summed E-state index contributed by atoms with van der Waals surface area (Å²) in [5, 5.41) is 3.13. The number of carbonyl (C=O) groups is 3. The van der Waals surface area contributed by atoms with Crippen LogP contribution in [-0.4, -0.2) is 27.7 Å². The van der Waals surface area contributed by atoms with Gasteiger partial charge in [-0.25, -0.2) is 5.01 Å². The van der Waals surface area contributed by atoms with Gasteiger partial charge >= 0.3 is 0 Å². The first-order chi connectivity index (χ1) is 14.0. The second-order valence-electron chi connectivity index (χ2n) is 7.45. The standard InChI is InChI=1S/C22H20Cl2N2O3/c23-15-11-9-14(10-12-15)13-25(20(27)18-7-3-4-8-19(18)24)26-21(28)16-5-1-2-6-17(16)22(26)29/h3-4,7-12,16-17H,1-2,5-6,13H2/t16-,17+. The summed E-state index contributed by atoms with van der Waals surface area (Å²) >= 11 is 12.2. The van der Waals surface area contributed by atoms with Crippen molar-refractivity contribution in [1.29, 1.82) is 0 Å². The molecule has 0 unspecified atom stereocenters. The van der Waals surface area contributed by atoms with Crippen LogP contribution in [0.4, 0.5) is 0 Å². The molecular weight excluding hydrogens is 411 g/mol. The van der Waals surface area contributed by atoms with Crippen LogP contribution in [0.3, 0.4) is 0 Å². The average Bonchev–Trinajstić information content (AvgIpc) is 2.98. The molecule has 2 aromatic rings. The third-order valence-corrected chi connectivity index (χ3v) is 6.23. The zero-order chi connectivity index (χ0) is 20.5. The van der Waals surface area contributed by atoms with Crippen LogP contribution in [0.2, 0.25) is 10.0 Å². The number of imide groups is 1. The molecule has 2 atom stereocenters. The largest absolute Gasteiger partial charge is 0.274 e. The first kappa shape index (κ1) is 19.9. The van der Waals surface area contributed by atoms with Gasteiger partial charge in [-0.05, 0) is 42.7 Å². The van der Waals surface area contributed by atoms with Gasteiger partial charge in [0.25, 0.3) is 17.7 Å². The Balaban J connectivity index is 1.72. The van der Waals surface area contributed by atoms with E-state index in [1.165, 1.54) is 5.01 Å². The molecular formula is C22H20Cl2N2O3. The minimum Gasteiger partial charge on any atom is -0.272 e. The van der Waals surface area contributed by atoms with Gasteiger partial charge in [0.15, 0.2) is 0 Å². The van der Waals surface area contributed by atoms with Gasteiger partial charge in [-0.15, -0.1) is 0 Å². The molecule has 2 fully saturated rings. The van der Waals surface area contributed by atoms with Crippen molar-refractivity contribution in [2.45, 2.75) is 32.2 Å². The summed E-state index contributed by atoms with van der Waals surface area (Å²) in [6.07, 6.45) is 3.20. The topological polar surface area (TPSA) is 57.7 Å². The molecule has 3 amide bonds. The van der Waals surface area contributed by atoms with Crippen LogP contribution >= 0.6 is 23.2 Å². The SMILES string of the molecule is O=C(c1ccccc1Cl)N(Cc1ccc(Cl)cc1)N1C(=O)[C@H]2CCCC[C@H]2C1=O. The summed E-state index contributed by atoms with van der Waals surface area (Å²) in [6.45, 7) is 0.0676. The van der Waals surface area contributed by atoms with Crippen molar-refractivity contribution < 1.29 is 14.4 Å². The Labute approximate surface area is 179 Å². The van der Waals surface area contributed by atoms with E-state index in [1.54, 1.807) is 48.5 Å². The fourth-order valence-electron chi connectivity index (χ4n) is 4.15. The zero-order valence-electron chi connectivity index (χ0n) is 15.7. The number of amides is 3. The molecule has 0 N–H and O–H groups in total. The Morgan fingerprint density at radius 1 is 0.931 bits per heavy atom. The lowest BCUT2D eigenvalue weighted by molar-refractivity contribution is -0.155. The maximum absolute atomic E-state index is 13.4. The molecule has 7 heteroatoms. The van der Waals surface area contributed by atoms with Crippen molar-refractivity contribution in [1.82, 2.24) is 10.0 Å². The predicted molar refractivity (Wildman–Crippen MR) is 110 cm³/mol. The summed E-state index contributed by atoms with van der Waals surface area (Å²) < 4.78 is 0. The fourth-order valence-corrected chi connectivity index (χ4v) is 4.50. The molecule has 0 aromatic heterocycles. The summed E-state index contributed by atoms with van der Waals surface area (Å²) in [7, 11) is 0. The van der Waals surface area contributed by atoms with E-state index < -0.39 is 5.91 Å². The van der Waals surface area contributed by atoms with Gasteiger partial charge in [0, 0.05) is 5.02 Å². The van der Waals surface area contributed by atoms with Crippen molar-refractivity contribution >= 4 is 40.9 Å². The van der Waals surface area contributed by atoms with Gasteiger partial charge in [0.2, 0.25) is 0 Å². The maximum Gasteiger partial charge on any atom is 0.274 e. The monoisotopic (exact) mass is 430 g/mol. The highest BCUT2D eigenvalue weighted by atomic mass is 35.5. The Hall–Kier alpha value is -2.37. The first-order valence-corrected chi connectivity index (χ1v) is 10.4. The Bertz CT molecular complexity index is 937. The maximum atomic E-state index is 13.4. The second-order valence-corrected chi connectivity index (χ2v) is 8.30. The molecule has 1 heterocycles. The van der Waals surface area contributed by atoms with Crippen molar-refractivity contribution in [2.24, 2.45) is 11.8 Å². The van der Waals surface area contributed by atoms with E-state index in [2.05, 4.69) is 0 Å². The molecule has 4 rings (SSSR count). The predicted octanol–water partition coefficient (Wildman–Crippen LogP) is 4.73. The highest BCUT2D eigenvalue weighted by molar-refractivity contribution is 6.33. The average molecular weight is 431 g/mol. The third kappa shape index (κ3) is 3.77. The molecule has 2 aromatic carbocycles. The normalized spacial score (nSPS) is 21.2. The van der Waals surface area contributed by atoms with Crippen LogP contribution in [0.25, 0.3) is 0 Å². The summed E-state index contributed by atoms with van der Waals surface area (Å²) in [5.41, 5.74) is 1.00. The first-order valence-electron chi connectivity index (χ1n) is 9.66. The molecule has 0 radical (unpaired) electrons. The number of halogens is 2. The number of carbonyl (C=O) groups excluding carboxylic acids is 3. The number of hydrogen-bond donors (Lipinski definition) is 0. The number of benzene rings is 2. The van der Waals surface area contributed by atoms with Crippen molar-refractivity contribution in [2.75, 3.05) is 0 Å². The van der Waals surface area contributed by atoms with Gasteiger partial charge in [0.05, 0.1) is 29.0 Å². The van der Waals surface area contributed by atoms with Crippen LogP contribution < -0.4 is 0 Å². The highest BCUT2D eigenvalue weighted by Gasteiger charge is 2.51. The second kappa shape index (κ2) is 8.17. The van der Waals surface area contributed by atoms with E-state index >= 15 is 0 Å². The molecule has 150 valence electrons. The number of hydrazine groups is 1. The molecule has 1 saturated carbocycles. The Morgan fingerprint density at radius 3 is 2.10 bits per heavy atom. The van der Waals surface area contributed by atoms with E-state index in [0.717, 1.165) is 23.4 Å². The molecule has 1 aliphatic carbocycles. The van der Waals surface area contributed by atoms with Crippen LogP contribution in [-0.2, 0) is 16.1 Å². The van der Waals surface area contributed by atoms with Crippen LogP contribution in [0, 0.1) is 11.8 Å². The van der Waals surface area contributed by atoms with Gasteiger partial charge in [-0.3, -0.25) is 14.4 Å². The molecule has 5 nitrogen and oxygen atoms in total. The summed E-state index contributed by atoms with van der Waals surface area (Å²) in [4.78, 5) is 39.6. The number of nitrogens with zero attached hydrogens (tertiary/aromatic N) is 2. The van der Waals surface area contributed by atoms with E-state index in [-0.39, 0.29) is 40.8 Å². The molecule has 0 bridgehead atoms. The van der Waals surface area contributed by atoms with Crippen LogP contribution in [0.5, 0.6) is 0 Å². The van der Waals surface area contributed by atoms with E-state index in [4.69, 9.17) is 23.2 Å². The molecule has 29 heavy (non-hydrogen) atoms. The number of fused-ring (bicyclic) bond motifs is 1. The van der Waals surface area contributed by atoms with Gasteiger partial charge in [-0.2, -0.15) is 5.01 Å². The molecule has 1 saturated heterocycles. The lowest BCUT2D eigenvalue weighted by Crippen LogP contribution is -2.49. The Kier molecular flexibility index (Phi) is 5.61. The third-order valence-electron chi connectivity index (χ3n) is 5.64. The van der Waals surface area contributed by atoms with Gasteiger partial charge in [-0.1, -0.05) is 60.3 Å². The van der Waals surface area contributed by atoms with E-state index in [0.29, 0.717) is 17.9 Å². The minimum absolute atomic E-state index is 0.0676. The number of rotatable bonds is 4. The highest BCUT2D eigenvalue weighted by Crippen LogP contribution is 2.39. The number of hydrogen-bond acceptors (Lipinski definition) is 3. The van der Waals surface area contributed by atoms with Crippen molar-refractivity contribution in [3.63, 3.8) is 0 Å². The molecule has 0 spiro atoms. The fraction of sp³-hybridized carbons (Fsp3) is 0.318. The van der Waals surface area contributed by atoms with Gasteiger partial charge < -0.3 is 0 Å². The van der Waals surface area contributed by atoms with Gasteiger partial charge in [0.1, 0.15) is 0 Å². The summed E-state index contributed by atoms with van der Waals surface area (Å²) in [6, 6.07) is 13.6.